The van der Waals surface area contributed by atoms with Crippen LogP contribution in [0.2, 0.25) is 0 Å². The Hall–Kier alpha value is -13.2. The predicted molar refractivity (Wildman–Crippen MR) is 391 cm³/mol. The van der Waals surface area contributed by atoms with Crippen LogP contribution in [0.25, 0.3) is 124 Å². The Labute approximate surface area is 571 Å². The molecule has 12 aromatic carbocycles. The molecule has 0 saturated carbocycles. The molecule has 0 N–H and O–H groups in total. The molecule has 99 heavy (non-hydrogen) atoms. The summed E-state index contributed by atoms with van der Waals surface area (Å²) in [5.41, 5.74) is 25.1. The Morgan fingerprint density at radius 1 is 0.222 bits per heavy atom. The quantitative estimate of drug-likeness (QED) is 0.141. The maximum absolute atomic E-state index is 7.12. The number of hydrogen-bond acceptors (Lipinski definition) is 8. The molecule has 2 spiro atoms. The molecule has 2 aliphatic heterocycles. The second-order valence-electron chi connectivity index (χ2n) is 25.7. The maximum Gasteiger partial charge on any atom is 0.196 e. The van der Waals surface area contributed by atoms with Crippen molar-refractivity contribution in [3.8, 4) is 147 Å². The van der Waals surface area contributed by atoms with Crippen molar-refractivity contribution in [3.05, 3.63) is 378 Å². The third-order valence-electron chi connectivity index (χ3n) is 20.4. The number of hydrogen-bond donors (Lipinski definition) is 0. The summed E-state index contributed by atoms with van der Waals surface area (Å²) >= 11 is 0. The lowest BCUT2D eigenvalue weighted by molar-refractivity contribution is 0.436. The largest absolute Gasteiger partial charge is 0.457 e. The summed E-state index contributed by atoms with van der Waals surface area (Å²) < 4.78 is 20.8. The van der Waals surface area contributed by atoms with E-state index in [1.165, 1.54) is 44.5 Å². The molecular formula is C91H55N5O3. The van der Waals surface area contributed by atoms with Crippen molar-refractivity contribution < 1.29 is 13.9 Å². The summed E-state index contributed by atoms with van der Waals surface area (Å²) in [4.78, 5) is 26.3. The Bertz CT molecular complexity index is 5800. The number of rotatable bonds is 9. The maximum atomic E-state index is 7.12. The van der Waals surface area contributed by atoms with Gasteiger partial charge in [0.05, 0.1) is 39.3 Å². The van der Waals surface area contributed by atoms with Gasteiger partial charge in [-0.1, -0.05) is 237 Å². The van der Waals surface area contributed by atoms with E-state index in [-0.39, 0.29) is 0 Å². The smallest absolute Gasteiger partial charge is 0.196 e. The molecule has 4 aliphatic rings. The molecule has 0 fully saturated rings. The van der Waals surface area contributed by atoms with Crippen molar-refractivity contribution >= 4 is 0 Å². The third-order valence-corrected chi connectivity index (χ3v) is 20.4. The van der Waals surface area contributed by atoms with E-state index in [4.69, 9.17) is 38.8 Å². The number of fused-ring (bicyclic) bond motifs is 18. The number of para-hydroxylation sites is 1. The zero-order chi connectivity index (χ0) is 65.2. The normalized spacial score (nSPS) is 13.4. The van der Waals surface area contributed by atoms with Crippen LogP contribution in [0.5, 0.6) is 23.0 Å². The van der Waals surface area contributed by atoms with E-state index < -0.39 is 10.8 Å². The molecule has 6 heterocycles. The lowest BCUT2D eigenvalue weighted by Gasteiger charge is -2.40. The van der Waals surface area contributed by atoms with Crippen LogP contribution in [0.1, 0.15) is 44.5 Å². The van der Waals surface area contributed by atoms with Crippen molar-refractivity contribution in [1.82, 2.24) is 24.9 Å². The van der Waals surface area contributed by atoms with Gasteiger partial charge in [0.2, 0.25) is 0 Å². The standard InChI is InChI=1S/C91H55N5O3/c1-4-21-57(22-5-1)77-54-78(58-23-6-2-7-24-58)94-88(93-77)68-31-20-50-92-87(68)63-44-47-85-76(53-63)91(71-34-16-12-29-66(71)67-30-13-17-35-72(67)91)74-51-61(42-45-83(74)99-85)56-38-40-60(41-39-56)80-55-79(59-25-8-3-9-26-59)95-89(96-80)86-49-48-81(97-86)62-43-46-84-75(52-62)90(73-36-18-19-37-82(73)98-84)69-32-14-10-27-64(69)65-28-11-15-33-70(65)90/h1-55H. The van der Waals surface area contributed by atoms with Gasteiger partial charge in [0.25, 0.3) is 0 Å². The molecule has 20 rings (SSSR count). The number of benzene rings is 12. The molecule has 0 unspecified atom stereocenters. The first-order chi connectivity index (χ1) is 49.0. The molecule has 4 aromatic heterocycles. The van der Waals surface area contributed by atoms with Gasteiger partial charge < -0.3 is 13.9 Å². The molecule has 0 bridgehead atoms. The molecular weight excluding hydrogens is 1210 g/mol. The van der Waals surface area contributed by atoms with Gasteiger partial charge >= 0.3 is 0 Å². The van der Waals surface area contributed by atoms with E-state index in [1.54, 1.807) is 0 Å². The highest BCUT2D eigenvalue weighted by Gasteiger charge is 2.53. The molecule has 0 radical (unpaired) electrons. The lowest BCUT2D eigenvalue weighted by Crippen LogP contribution is -2.32. The first-order valence-corrected chi connectivity index (χ1v) is 33.4. The van der Waals surface area contributed by atoms with E-state index in [0.717, 1.165) is 124 Å². The number of pyridine rings is 1. The molecule has 0 saturated heterocycles. The Morgan fingerprint density at radius 2 is 0.576 bits per heavy atom. The molecule has 0 atom stereocenters. The topological polar surface area (TPSA) is 96.1 Å². The Kier molecular flexibility index (Phi) is 12.6. The zero-order valence-corrected chi connectivity index (χ0v) is 53.2. The average molecular weight is 1270 g/mol. The van der Waals surface area contributed by atoms with Crippen molar-refractivity contribution in [1.29, 1.82) is 0 Å². The average Bonchev–Trinajstić information content (AvgIpc) is 1.55. The predicted octanol–water partition coefficient (Wildman–Crippen LogP) is 22.2. The van der Waals surface area contributed by atoms with Crippen molar-refractivity contribution in [2.24, 2.45) is 0 Å². The van der Waals surface area contributed by atoms with Crippen molar-refractivity contribution in [3.63, 3.8) is 0 Å². The molecule has 16 aromatic rings. The van der Waals surface area contributed by atoms with E-state index in [2.05, 4.69) is 249 Å². The van der Waals surface area contributed by atoms with Crippen molar-refractivity contribution in [2.45, 2.75) is 10.8 Å². The van der Waals surface area contributed by atoms with Gasteiger partial charge in [0, 0.05) is 67.4 Å². The van der Waals surface area contributed by atoms with Crippen LogP contribution in [0.15, 0.2) is 338 Å². The molecule has 0 amide bonds. The minimum Gasteiger partial charge on any atom is -0.457 e. The molecule has 2 aliphatic carbocycles. The third kappa shape index (κ3) is 8.69. The van der Waals surface area contributed by atoms with Crippen molar-refractivity contribution in [2.75, 3.05) is 0 Å². The van der Waals surface area contributed by atoms with Crippen LogP contribution >= 0.6 is 0 Å². The highest BCUT2D eigenvalue weighted by atomic mass is 16.5. The highest BCUT2D eigenvalue weighted by Crippen LogP contribution is 2.65. The highest BCUT2D eigenvalue weighted by molar-refractivity contribution is 5.93. The molecule has 462 valence electrons. The molecule has 8 nitrogen and oxygen atoms in total. The van der Waals surface area contributed by atoms with Crippen LogP contribution in [0.4, 0.5) is 0 Å². The van der Waals surface area contributed by atoms with Gasteiger partial charge in [0.1, 0.15) is 28.8 Å². The van der Waals surface area contributed by atoms with Gasteiger partial charge in [-0.05, 0) is 147 Å². The first-order valence-electron chi connectivity index (χ1n) is 33.4. The van der Waals surface area contributed by atoms with E-state index >= 15 is 0 Å². The van der Waals surface area contributed by atoms with Gasteiger partial charge in [-0.3, -0.25) is 4.98 Å². The Morgan fingerprint density at radius 3 is 1.09 bits per heavy atom. The van der Waals surface area contributed by atoms with Gasteiger partial charge in [0.15, 0.2) is 17.4 Å². The van der Waals surface area contributed by atoms with Gasteiger partial charge in [-0.25, -0.2) is 19.9 Å². The fourth-order valence-corrected chi connectivity index (χ4v) is 16.0. The first kappa shape index (κ1) is 56.2. The van der Waals surface area contributed by atoms with Crippen LogP contribution in [-0.4, -0.2) is 24.9 Å². The van der Waals surface area contributed by atoms with Crippen LogP contribution in [-0.2, 0) is 10.8 Å². The fraction of sp³-hybridized carbons (Fsp3) is 0.0220. The SMILES string of the molecule is c1ccc(-c2cc(-c3ccc(-c4ccc5c(c4)C4(c6cc(-c7ncccc7-c7nc(-c8ccccc8)cc(-c8ccccc8)n7)ccc6O5)c5ccccc5-c5ccccc54)cc3)nc(-c3ccc(-c4ccc5c(c4)C4(c6ccccc6O5)c5ccccc5-c5ccccc54)o3)n2)cc1. The summed E-state index contributed by atoms with van der Waals surface area (Å²) in [6.07, 6.45) is 1.85. The second kappa shape index (κ2) is 22.2. The van der Waals surface area contributed by atoms with E-state index in [1.807, 2.05) is 85.1 Å². The summed E-state index contributed by atoms with van der Waals surface area (Å²) in [7, 11) is 0. The van der Waals surface area contributed by atoms with E-state index in [0.29, 0.717) is 23.2 Å². The summed E-state index contributed by atoms with van der Waals surface area (Å²) in [5.74, 6) is 5.56. The fourth-order valence-electron chi connectivity index (χ4n) is 16.0. The monoisotopic (exact) mass is 1270 g/mol. The van der Waals surface area contributed by atoms with Crippen LogP contribution < -0.4 is 9.47 Å². The second-order valence-corrected chi connectivity index (χ2v) is 25.7. The number of nitrogens with zero attached hydrogens (tertiary/aromatic N) is 5. The van der Waals surface area contributed by atoms with Crippen LogP contribution in [0.3, 0.4) is 0 Å². The van der Waals surface area contributed by atoms with E-state index in [9.17, 15) is 0 Å². The number of aromatic nitrogens is 5. The minimum atomic E-state index is -0.782. The van der Waals surface area contributed by atoms with Gasteiger partial charge in [-0.2, -0.15) is 0 Å². The molecule has 8 heteroatoms. The summed E-state index contributed by atoms with van der Waals surface area (Å²) in [6.45, 7) is 0. The number of furan rings is 1. The number of ether oxygens (including phenoxy) is 2. The minimum absolute atomic E-state index is 0.481. The lowest BCUT2D eigenvalue weighted by atomic mass is 9.65. The van der Waals surface area contributed by atoms with Crippen LogP contribution in [0, 0.1) is 0 Å². The van der Waals surface area contributed by atoms with Gasteiger partial charge in [-0.15, -0.1) is 0 Å². The Balaban J connectivity index is 0.677. The summed E-state index contributed by atoms with van der Waals surface area (Å²) in [6, 6.07) is 115. The zero-order valence-electron chi connectivity index (χ0n) is 53.2. The summed E-state index contributed by atoms with van der Waals surface area (Å²) in [5, 5.41) is 0.